The number of esters is 2. The van der Waals surface area contributed by atoms with Crippen molar-refractivity contribution in [2.45, 2.75) is 13.5 Å². The highest BCUT2D eigenvalue weighted by atomic mass is 35.5. The van der Waals surface area contributed by atoms with Crippen LogP contribution in [0.5, 0.6) is 0 Å². The maximum atomic E-state index is 12.3. The molecule has 8 nitrogen and oxygen atoms in total. The zero-order valence-corrected chi connectivity index (χ0v) is 21.4. The molecule has 2 aromatic heterocycles. The van der Waals surface area contributed by atoms with Gasteiger partial charge in [0.2, 0.25) is 0 Å². The van der Waals surface area contributed by atoms with Gasteiger partial charge in [-0.2, -0.15) is 5.10 Å². The summed E-state index contributed by atoms with van der Waals surface area (Å²) in [5, 5.41) is 11.9. The van der Waals surface area contributed by atoms with Crippen LogP contribution >= 0.6 is 58.4 Å². The van der Waals surface area contributed by atoms with Crippen LogP contribution in [0, 0.1) is 6.92 Å². The molecule has 174 valence electrons. The summed E-state index contributed by atoms with van der Waals surface area (Å²) in [7, 11) is 2.51. The number of rotatable bonds is 6. The van der Waals surface area contributed by atoms with E-state index in [9.17, 15) is 9.59 Å². The SMILES string of the molecule is COC(=O)c1sc(NC(=S)Nc2nn(Cc3ccc(Cl)cc3Cl)cc2Cl)c(C(=O)OC)c1C. The van der Waals surface area contributed by atoms with E-state index in [1.165, 1.54) is 14.2 Å². The van der Waals surface area contributed by atoms with Gasteiger partial charge in [-0.1, -0.05) is 40.9 Å². The number of nitrogens with one attached hydrogen (secondary N) is 2. The number of aromatic nitrogens is 2. The number of carbonyl (C=O) groups excluding carboxylic acids is 2. The fraction of sp³-hybridized carbons (Fsp3) is 0.200. The number of methoxy groups -OCH3 is 2. The van der Waals surface area contributed by atoms with E-state index in [-0.39, 0.29) is 15.6 Å². The van der Waals surface area contributed by atoms with E-state index in [0.29, 0.717) is 38.0 Å². The van der Waals surface area contributed by atoms with Crippen molar-refractivity contribution < 1.29 is 19.1 Å². The second-order valence-electron chi connectivity index (χ2n) is 6.58. The first-order valence-corrected chi connectivity index (χ1v) is 11.5. The van der Waals surface area contributed by atoms with Gasteiger partial charge in [0, 0.05) is 16.2 Å². The monoisotopic (exact) mass is 546 g/mol. The third-order valence-electron chi connectivity index (χ3n) is 4.43. The van der Waals surface area contributed by atoms with Crippen molar-refractivity contribution in [2.75, 3.05) is 24.9 Å². The molecule has 0 unspecified atom stereocenters. The first-order chi connectivity index (χ1) is 15.6. The molecule has 0 spiro atoms. The summed E-state index contributed by atoms with van der Waals surface area (Å²) in [5.74, 6) is -0.899. The van der Waals surface area contributed by atoms with Crippen LogP contribution < -0.4 is 10.6 Å². The summed E-state index contributed by atoms with van der Waals surface area (Å²) in [5.41, 5.74) is 1.41. The molecule has 3 aromatic rings. The molecule has 0 saturated carbocycles. The lowest BCUT2D eigenvalue weighted by Crippen LogP contribution is -2.20. The second-order valence-corrected chi connectivity index (χ2v) is 9.26. The minimum absolute atomic E-state index is 0.106. The number of benzene rings is 1. The van der Waals surface area contributed by atoms with Crippen molar-refractivity contribution in [3.8, 4) is 0 Å². The van der Waals surface area contributed by atoms with Crippen LogP contribution in [0.15, 0.2) is 24.4 Å². The molecule has 0 radical (unpaired) electrons. The van der Waals surface area contributed by atoms with Gasteiger partial charge >= 0.3 is 11.9 Å². The molecule has 0 fully saturated rings. The molecule has 13 heteroatoms. The van der Waals surface area contributed by atoms with Crippen LogP contribution in [-0.4, -0.2) is 41.1 Å². The summed E-state index contributed by atoms with van der Waals surface area (Å²) < 4.78 is 11.2. The van der Waals surface area contributed by atoms with E-state index in [2.05, 4.69) is 15.7 Å². The first kappa shape index (κ1) is 25.3. The Labute approximate surface area is 213 Å². The third-order valence-corrected chi connectivity index (χ3v) is 6.69. The molecule has 33 heavy (non-hydrogen) atoms. The van der Waals surface area contributed by atoms with Crippen LogP contribution in [-0.2, 0) is 16.0 Å². The molecule has 1 aromatic carbocycles. The Kier molecular flexibility index (Phi) is 8.19. The number of ether oxygens (including phenoxy) is 2. The van der Waals surface area contributed by atoms with Gasteiger partial charge in [-0.15, -0.1) is 11.3 Å². The van der Waals surface area contributed by atoms with Crippen molar-refractivity contribution in [1.82, 2.24) is 9.78 Å². The molecule has 0 bridgehead atoms. The Morgan fingerprint density at radius 2 is 1.82 bits per heavy atom. The maximum Gasteiger partial charge on any atom is 0.348 e. The lowest BCUT2D eigenvalue weighted by Gasteiger charge is -2.09. The first-order valence-electron chi connectivity index (χ1n) is 9.19. The zero-order valence-electron chi connectivity index (χ0n) is 17.5. The predicted molar refractivity (Wildman–Crippen MR) is 134 cm³/mol. The molecule has 0 saturated heterocycles. The molecule has 0 aliphatic carbocycles. The molecular formula is C20H17Cl3N4O4S2. The third kappa shape index (κ3) is 5.77. The summed E-state index contributed by atoms with van der Waals surface area (Å²) >= 11 is 24.8. The summed E-state index contributed by atoms with van der Waals surface area (Å²) in [6.07, 6.45) is 1.61. The van der Waals surface area contributed by atoms with Crippen molar-refractivity contribution in [1.29, 1.82) is 0 Å². The maximum absolute atomic E-state index is 12.3. The van der Waals surface area contributed by atoms with Crippen molar-refractivity contribution in [3.63, 3.8) is 0 Å². The average Bonchev–Trinajstić information content (AvgIpc) is 3.27. The largest absolute Gasteiger partial charge is 0.465 e. The fourth-order valence-corrected chi connectivity index (χ4v) is 4.91. The molecule has 2 N–H and O–H groups in total. The smallest absolute Gasteiger partial charge is 0.348 e. The fourth-order valence-electron chi connectivity index (χ4n) is 2.87. The number of nitrogens with zero attached hydrogens (tertiary/aromatic N) is 2. The van der Waals surface area contributed by atoms with Gasteiger partial charge < -0.3 is 20.1 Å². The molecule has 0 aliphatic rings. The number of hydrogen-bond donors (Lipinski definition) is 2. The molecule has 3 rings (SSSR count). The number of thiophene rings is 1. The molecule has 2 heterocycles. The standard InChI is InChI=1S/C20H17Cl3N4O4S2/c1-9-14(18(28)30-2)17(33-15(9)19(29)31-3)25-20(32)24-16-13(23)8-27(26-16)7-10-4-5-11(21)6-12(10)22/h4-6,8H,7H2,1-3H3,(H2,24,25,26,32). The highest BCUT2D eigenvalue weighted by Gasteiger charge is 2.26. The Morgan fingerprint density at radius 3 is 2.45 bits per heavy atom. The second kappa shape index (κ2) is 10.7. The van der Waals surface area contributed by atoms with Crippen molar-refractivity contribution >= 4 is 86.2 Å². The normalized spacial score (nSPS) is 10.6. The molecule has 0 amide bonds. The van der Waals surface area contributed by atoms with Crippen LogP contribution in [0.25, 0.3) is 0 Å². The summed E-state index contributed by atoms with van der Waals surface area (Å²) in [6, 6.07) is 5.18. The van der Waals surface area contributed by atoms with Crippen molar-refractivity contribution in [3.05, 3.63) is 61.0 Å². The van der Waals surface area contributed by atoms with Gasteiger partial charge in [-0.25, -0.2) is 9.59 Å². The molecular weight excluding hydrogens is 531 g/mol. The number of hydrogen-bond acceptors (Lipinski definition) is 7. The van der Waals surface area contributed by atoms with E-state index in [1.807, 2.05) is 0 Å². The number of carbonyl (C=O) groups is 2. The van der Waals surface area contributed by atoms with Gasteiger partial charge in [-0.3, -0.25) is 4.68 Å². The minimum atomic E-state index is -0.619. The van der Waals surface area contributed by atoms with Gasteiger partial charge in [-0.05, 0) is 42.4 Å². The predicted octanol–water partition coefficient (Wildman–Crippen LogP) is 5.64. The topological polar surface area (TPSA) is 94.5 Å². The number of anilines is 2. The Balaban J connectivity index is 1.79. The van der Waals surface area contributed by atoms with E-state index in [4.69, 9.17) is 56.5 Å². The Bertz CT molecular complexity index is 1240. The Morgan fingerprint density at radius 1 is 1.12 bits per heavy atom. The van der Waals surface area contributed by atoms with Crippen LogP contribution in [0.1, 0.15) is 31.2 Å². The molecule has 0 aliphatic heterocycles. The van der Waals surface area contributed by atoms with Crippen LogP contribution in [0.4, 0.5) is 10.8 Å². The summed E-state index contributed by atoms with van der Waals surface area (Å²) in [6.45, 7) is 1.98. The Hall–Kier alpha value is -2.37. The van der Waals surface area contributed by atoms with Crippen LogP contribution in [0.2, 0.25) is 15.1 Å². The van der Waals surface area contributed by atoms with Gasteiger partial charge in [0.15, 0.2) is 10.9 Å². The van der Waals surface area contributed by atoms with Gasteiger partial charge in [0.25, 0.3) is 0 Å². The summed E-state index contributed by atoms with van der Waals surface area (Å²) in [4.78, 5) is 24.6. The zero-order chi connectivity index (χ0) is 24.3. The highest BCUT2D eigenvalue weighted by molar-refractivity contribution is 7.80. The quantitative estimate of drug-likeness (QED) is 0.302. The minimum Gasteiger partial charge on any atom is -0.465 e. The highest BCUT2D eigenvalue weighted by Crippen LogP contribution is 2.34. The number of thiocarbonyl (C=S) groups is 1. The van der Waals surface area contributed by atoms with E-state index in [1.54, 1.807) is 36.0 Å². The van der Waals surface area contributed by atoms with Gasteiger partial charge in [0.05, 0.1) is 26.3 Å². The lowest BCUT2D eigenvalue weighted by atomic mass is 10.1. The lowest BCUT2D eigenvalue weighted by molar-refractivity contribution is 0.0601. The number of halogens is 3. The van der Waals surface area contributed by atoms with E-state index in [0.717, 1.165) is 16.9 Å². The van der Waals surface area contributed by atoms with Crippen LogP contribution in [0.3, 0.4) is 0 Å². The molecule has 0 atom stereocenters. The van der Waals surface area contributed by atoms with Gasteiger partial charge in [0.1, 0.15) is 14.9 Å². The van der Waals surface area contributed by atoms with E-state index < -0.39 is 11.9 Å². The van der Waals surface area contributed by atoms with Crippen molar-refractivity contribution in [2.24, 2.45) is 0 Å². The average molecular weight is 548 g/mol. The van der Waals surface area contributed by atoms with E-state index >= 15 is 0 Å².